The second-order valence-electron chi connectivity index (χ2n) is 29.8. The van der Waals surface area contributed by atoms with Crippen molar-refractivity contribution in [2.24, 2.45) is 0 Å². The average molecular weight is 2130 g/mol. The van der Waals surface area contributed by atoms with Gasteiger partial charge < -0.3 is 55.7 Å². The first kappa shape index (κ1) is 112. The maximum absolute atomic E-state index is 11.3. The molecule has 0 saturated carbocycles. The molecule has 10 aromatic heterocycles. The minimum atomic E-state index is -3.22. The van der Waals surface area contributed by atoms with Crippen molar-refractivity contribution >= 4 is 266 Å². The SMILES string of the molecule is CC(=O)c1ccc2c(Cl)ccnc2c1.CC(=O)c1ccc2ccc(Cl)nc2c1.CC(=O)c1ccc2ccc[n+](O)c2c1.Cl.O=C(O)c1ccc2c(=O)cc[nH]c2c1.O=C(O)c1ccc2c(=O)cc[nH]c2c1.O=C(O)c1ccc2c(Cl)ccnc2c1.O=C(O)c1ccc2c(Cl)ccnc2c1.O=C(O)c1ccc2ccc(=O)[nH]c2c1.O=C(O)c1ccc2ccc(=O)[nH]c2c1.O=C(O)c1ccc2cccnc2c1.O=P(Cl)(Cl)Cl. The lowest BCUT2D eigenvalue weighted by atomic mass is 10.1. The summed E-state index contributed by atoms with van der Waals surface area (Å²) in [5, 5.41) is 77.5. The van der Waals surface area contributed by atoms with Crippen LogP contribution in [0.15, 0.2) is 336 Å². The zero-order valence-corrected chi connectivity index (χ0v) is 81.9. The Hall–Kier alpha value is -16.9. The van der Waals surface area contributed by atoms with Crippen molar-refractivity contribution in [3.63, 3.8) is 0 Å². The molecular weight excluding hydrogens is 2060 g/mol. The molecule has 0 saturated heterocycles. The Morgan fingerprint density at radius 2 is 0.586 bits per heavy atom. The third-order valence-electron chi connectivity index (χ3n) is 20.0. The molecule has 10 heterocycles. The maximum atomic E-state index is 11.3. The number of Topliss-reactive ketones (excluding diaryl/α,β-unsaturated/α-hetero) is 3. The summed E-state index contributed by atoms with van der Waals surface area (Å²) in [4.78, 5) is 184. The van der Waals surface area contributed by atoms with Crippen molar-refractivity contribution in [3.05, 3.63) is 433 Å². The number of nitrogens with zero attached hydrogens (tertiary/aromatic N) is 6. The zero-order valence-electron chi connectivity index (χ0n) is 74.9. The van der Waals surface area contributed by atoms with Crippen molar-refractivity contribution < 1.29 is 98.2 Å². The van der Waals surface area contributed by atoms with E-state index in [-0.39, 0.29) is 90.7 Å². The van der Waals surface area contributed by atoms with Gasteiger partial charge in [-0.1, -0.05) is 113 Å². The van der Waals surface area contributed by atoms with E-state index in [9.17, 15) is 76.9 Å². The van der Waals surface area contributed by atoms with Crippen LogP contribution in [0, 0.1) is 0 Å². The number of rotatable bonds is 10. The fourth-order valence-corrected chi connectivity index (χ4v) is 13.7. The van der Waals surface area contributed by atoms with Gasteiger partial charge in [0.15, 0.2) is 28.2 Å². The molecule has 0 aliphatic heterocycles. The monoisotopic (exact) mass is 2130 g/mol. The summed E-state index contributed by atoms with van der Waals surface area (Å²) in [5.41, 5.74) is 8.79. The maximum Gasteiger partial charge on any atom is 0.339 e. The largest absolute Gasteiger partial charge is 0.478 e. The molecular formula is C103H74Cl8N10O23P+. The first-order valence-corrected chi connectivity index (χ1v) is 47.3. The van der Waals surface area contributed by atoms with Crippen LogP contribution in [0.3, 0.4) is 0 Å². The molecule has 20 aromatic rings. The molecule has 0 spiro atoms. The average Bonchev–Trinajstić information content (AvgIpc) is 0.819. The Morgan fingerprint density at radius 1 is 0.303 bits per heavy atom. The zero-order chi connectivity index (χ0) is 105. The van der Waals surface area contributed by atoms with Crippen LogP contribution in [0.4, 0.5) is 0 Å². The number of benzene rings is 10. The highest BCUT2D eigenvalue weighted by Crippen LogP contribution is 2.61. The Kier molecular flexibility index (Phi) is 40.1. The molecule has 0 radical (unpaired) electrons. The Balaban J connectivity index is 0.000000178. The van der Waals surface area contributed by atoms with Gasteiger partial charge in [-0.15, -0.1) is 12.4 Å². The van der Waals surface area contributed by atoms with E-state index in [0.29, 0.717) is 91.8 Å². The second kappa shape index (κ2) is 52.1. The van der Waals surface area contributed by atoms with Crippen LogP contribution >= 0.6 is 97.7 Å². The van der Waals surface area contributed by atoms with Gasteiger partial charge in [-0.05, 0) is 235 Å². The van der Waals surface area contributed by atoms with Gasteiger partial charge >= 0.3 is 47.0 Å². The van der Waals surface area contributed by atoms with E-state index in [2.05, 4.69) is 78.6 Å². The van der Waals surface area contributed by atoms with Crippen molar-refractivity contribution in [3.8, 4) is 0 Å². The fourth-order valence-electron chi connectivity index (χ4n) is 12.9. The number of hydrogen-bond donors (Lipinski definition) is 12. The molecule has 0 atom stereocenters. The first-order valence-electron chi connectivity index (χ1n) is 41.4. The highest BCUT2D eigenvalue weighted by Gasteiger charge is 2.15. The number of pyridine rings is 10. The molecule has 0 bridgehead atoms. The van der Waals surface area contributed by atoms with Gasteiger partial charge in [-0.3, -0.25) is 63.3 Å². The number of hydrogen-bond acceptors (Lipinski definition) is 21. The molecule has 0 aliphatic rings. The minimum Gasteiger partial charge on any atom is -0.478 e. The summed E-state index contributed by atoms with van der Waals surface area (Å²) in [7, 11) is 0. The Labute approximate surface area is 856 Å². The van der Waals surface area contributed by atoms with E-state index >= 15 is 0 Å². The molecule has 145 heavy (non-hydrogen) atoms. The number of aromatic amines is 4. The fraction of sp³-hybridized carbons (Fsp3) is 0.0291. The van der Waals surface area contributed by atoms with E-state index < -0.39 is 47.0 Å². The molecule has 10 aromatic carbocycles. The number of carbonyl (C=O) groups is 10. The molecule has 33 nitrogen and oxygen atoms in total. The molecule has 0 amide bonds. The minimum absolute atomic E-state index is 0. The Morgan fingerprint density at radius 3 is 0.972 bits per heavy atom. The third kappa shape index (κ3) is 32.6. The van der Waals surface area contributed by atoms with Gasteiger partial charge in [0.1, 0.15) is 5.15 Å². The number of aromatic carboxylic acids is 7. The van der Waals surface area contributed by atoms with E-state index in [0.717, 1.165) is 58.9 Å². The third-order valence-corrected chi connectivity index (χ3v) is 21.2. The lowest BCUT2D eigenvalue weighted by molar-refractivity contribution is -0.884. The predicted octanol–water partition coefficient (Wildman–Crippen LogP) is 23.0. The lowest BCUT2D eigenvalue weighted by Gasteiger charge is -2.00. The van der Waals surface area contributed by atoms with Crippen LogP contribution in [0.1, 0.15) is 124 Å². The summed E-state index contributed by atoms with van der Waals surface area (Å²) in [6.07, 6.45) is 10.9. The summed E-state index contributed by atoms with van der Waals surface area (Å²) in [6.45, 7) is 4.57. The van der Waals surface area contributed by atoms with Gasteiger partial charge in [0.2, 0.25) is 17.3 Å². The van der Waals surface area contributed by atoms with Crippen LogP contribution in [0.5, 0.6) is 0 Å². The number of H-pyrrole nitrogens is 4. The quantitative estimate of drug-likeness (QED) is 0.0199. The first-order chi connectivity index (χ1) is 68.4. The van der Waals surface area contributed by atoms with E-state index in [4.69, 9.17) is 82.1 Å². The van der Waals surface area contributed by atoms with E-state index in [1.807, 2.05) is 42.5 Å². The number of carbonyl (C=O) groups excluding carboxylic acids is 3. The molecule has 0 unspecified atom stereocenters. The molecule has 734 valence electrons. The second-order valence-corrected chi connectivity index (χ2v) is 38.1. The van der Waals surface area contributed by atoms with Crippen molar-refractivity contribution in [1.82, 2.24) is 44.9 Å². The van der Waals surface area contributed by atoms with Gasteiger partial charge in [-0.25, -0.2) is 38.5 Å². The summed E-state index contributed by atoms with van der Waals surface area (Å²) in [5.74, 6) is -6.80. The number of fused-ring (bicyclic) bond motifs is 10. The van der Waals surface area contributed by atoms with Gasteiger partial charge in [-0.2, -0.15) is 0 Å². The van der Waals surface area contributed by atoms with Crippen molar-refractivity contribution in [2.75, 3.05) is 0 Å². The number of carboxylic acid groups (broad SMARTS) is 7. The highest BCUT2D eigenvalue weighted by atomic mass is 36.0. The molecule has 0 fully saturated rings. The van der Waals surface area contributed by atoms with Crippen LogP contribution in [0.2, 0.25) is 20.2 Å². The number of nitrogens with one attached hydrogen (secondary N) is 4. The smallest absolute Gasteiger partial charge is 0.339 e. The normalized spacial score (nSPS) is 10.3. The van der Waals surface area contributed by atoms with E-state index in [1.54, 1.807) is 146 Å². The molecule has 42 heteroatoms. The van der Waals surface area contributed by atoms with Gasteiger partial charge in [0.05, 0.1) is 98.0 Å². The number of aromatic nitrogens is 10. The van der Waals surface area contributed by atoms with E-state index in [1.165, 1.54) is 149 Å². The van der Waals surface area contributed by atoms with Crippen LogP contribution in [0.25, 0.3) is 109 Å². The Bertz CT molecular complexity index is 8200. The lowest BCUT2D eigenvalue weighted by Crippen LogP contribution is -2.29. The standard InChI is InChI=1S/2C11H8ClNO.C11H10NO2.2C10H6ClNO2.4C10H7NO3.C10H7NO2.Cl3OP.ClH/c1-7(14)8-2-3-9-10(12)4-5-13-11(9)6-8;1-7(14)9-3-2-8-4-5-11(12)13-10(8)6-9;1-8(13)10-5-4-9-3-2-6-12(14)11(9)7-10;2*11-8-3-4-12-9-5-6(10(13)14)1-2-7(8)9;2*12-9-3-4-11-8-5-6(10(13)14)1-2-7(8)9;2*12-9-4-3-6-1-2-7(10(13)14)5-8(6)11-9;12-10(13)8-4-3-7-2-1-5-11-9(7)6-8;1-5(2,3)4;/h2*2-6H,1H3;2-7,14H,1H3;2*1-5H,(H,13,14);4*1-5H,(H,11,12)(H,13,14);1-6H,(H,12,13);;1H/q;;+1;;;;;;;;;. The van der Waals surface area contributed by atoms with Crippen LogP contribution in [-0.4, -0.2) is 145 Å². The number of halogens is 8. The van der Waals surface area contributed by atoms with Crippen molar-refractivity contribution in [2.45, 2.75) is 20.8 Å². The summed E-state index contributed by atoms with van der Waals surface area (Å²) in [6, 6.07) is 73.2. The number of ketones is 3. The highest BCUT2D eigenvalue weighted by molar-refractivity contribution is 8.24. The summed E-state index contributed by atoms with van der Waals surface area (Å²) < 4.78 is 10.5. The predicted molar refractivity (Wildman–Crippen MR) is 559 cm³/mol. The molecule has 20 rings (SSSR count). The molecule has 0 aliphatic carbocycles. The summed E-state index contributed by atoms with van der Waals surface area (Å²) >= 11 is 37.4. The van der Waals surface area contributed by atoms with Gasteiger partial charge in [0, 0.05) is 144 Å². The topological polar surface area (TPSA) is 549 Å². The molecule has 12 N–H and O–H groups in total. The van der Waals surface area contributed by atoms with Gasteiger partial charge in [0.25, 0.3) is 5.52 Å². The van der Waals surface area contributed by atoms with Crippen LogP contribution in [-0.2, 0) is 4.57 Å². The van der Waals surface area contributed by atoms with Crippen molar-refractivity contribution in [1.29, 1.82) is 0 Å². The van der Waals surface area contributed by atoms with Crippen LogP contribution < -0.4 is 26.7 Å². The number of carboxylic acids is 7.